The summed E-state index contributed by atoms with van der Waals surface area (Å²) in [6.07, 6.45) is 1.65. The first-order valence-electron chi connectivity index (χ1n) is 8.02. The van der Waals surface area contributed by atoms with Crippen molar-refractivity contribution in [1.82, 2.24) is 10.6 Å². The molecule has 24 heavy (non-hydrogen) atoms. The molecule has 4 nitrogen and oxygen atoms in total. The molecule has 0 aliphatic rings. The summed E-state index contributed by atoms with van der Waals surface area (Å²) in [5, 5.41) is 6.80. The second kappa shape index (κ2) is 9.96. The molecule has 2 aromatic rings. The first-order valence-corrected chi connectivity index (χ1v) is 8.40. The van der Waals surface area contributed by atoms with Crippen LogP contribution in [0.25, 0.3) is 0 Å². The number of nitrogens with one attached hydrogen (secondary N) is 2. The molecule has 0 aliphatic carbocycles. The zero-order valence-electron chi connectivity index (χ0n) is 13.8. The van der Waals surface area contributed by atoms with E-state index in [-0.39, 0.29) is 5.91 Å². The maximum Gasteiger partial charge on any atom is 0.233 e. The fraction of sp³-hybridized carbons (Fsp3) is 0.316. The molecule has 0 fully saturated rings. The fourth-order valence-electron chi connectivity index (χ4n) is 2.32. The van der Waals surface area contributed by atoms with E-state index >= 15 is 0 Å². The molecule has 2 N–H and O–H groups in total. The Morgan fingerprint density at radius 1 is 1.04 bits per heavy atom. The lowest BCUT2D eigenvalue weighted by Gasteiger charge is -2.08. The molecule has 2 aromatic carbocycles. The van der Waals surface area contributed by atoms with Gasteiger partial charge in [-0.15, -0.1) is 0 Å². The van der Waals surface area contributed by atoms with Crippen LogP contribution in [0.4, 0.5) is 0 Å². The Hall–Kier alpha value is -2.04. The van der Waals surface area contributed by atoms with Gasteiger partial charge in [0.1, 0.15) is 5.75 Å². The van der Waals surface area contributed by atoms with Crippen molar-refractivity contribution in [2.45, 2.75) is 12.8 Å². The summed E-state index contributed by atoms with van der Waals surface area (Å²) in [5.41, 5.74) is 2.34. The van der Waals surface area contributed by atoms with E-state index in [1.165, 1.54) is 5.56 Å². The number of amides is 1. The molecule has 128 valence electrons. The van der Waals surface area contributed by atoms with Crippen molar-refractivity contribution in [3.05, 3.63) is 64.7 Å². The van der Waals surface area contributed by atoms with E-state index in [0.717, 1.165) is 35.7 Å². The van der Waals surface area contributed by atoms with Crippen LogP contribution in [-0.4, -0.2) is 32.7 Å². The molecule has 0 saturated heterocycles. The number of hydrogen-bond acceptors (Lipinski definition) is 3. The van der Waals surface area contributed by atoms with Gasteiger partial charge in [0.25, 0.3) is 0 Å². The number of rotatable bonds is 9. The molecule has 2 rings (SSSR count). The molecule has 0 aliphatic heterocycles. The van der Waals surface area contributed by atoms with Crippen LogP contribution in [0.15, 0.2) is 48.5 Å². The molecular weight excluding hydrogens is 324 g/mol. The van der Waals surface area contributed by atoms with E-state index in [4.69, 9.17) is 16.3 Å². The predicted octanol–water partition coefficient (Wildman–Crippen LogP) is 2.84. The molecule has 0 saturated carbocycles. The largest absolute Gasteiger partial charge is 0.497 e. The minimum absolute atomic E-state index is 0.00834. The maximum atomic E-state index is 11.8. The summed E-state index contributed by atoms with van der Waals surface area (Å²) in [6, 6.07) is 15.6. The molecular formula is C19H23ClN2O2. The van der Waals surface area contributed by atoms with E-state index in [1.807, 2.05) is 48.5 Å². The summed E-state index contributed by atoms with van der Waals surface area (Å²) in [7, 11) is 1.65. The monoisotopic (exact) mass is 346 g/mol. The molecule has 0 heterocycles. The molecule has 0 radical (unpaired) electrons. The first kappa shape index (κ1) is 18.3. The van der Waals surface area contributed by atoms with Crippen LogP contribution in [-0.2, 0) is 17.6 Å². The zero-order chi connectivity index (χ0) is 17.2. The van der Waals surface area contributed by atoms with Crippen LogP contribution in [0.2, 0.25) is 5.02 Å². The maximum absolute atomic E-state index is 11.8. The van der Waals surface area contributed by atoms with Crippen molar-refractivity contribution in [2.24, 2.45) is 0 Å². The van der Waals surface area contributed by atoms with Gasteiger partial charge in [-0.05, 0) is 54.8 Å². The average molecular weight is 347 g/mol. The Balaban J connectivity index is 1.58. The van der Waals surface area contributed by atoms with Gasteiger partial charge in [0.15, 0.2) is 0 Å². The lowest BCUT2D eigenvalue weighted by atomic mass is 10.1. The molecule has 0 spiro atoms. The van der Waals surface area contributed by atoms with E-state index in [9.17, 15) is 4.79 Å². The highest BCUT2D eigenvalue weighted by atomic mass is 35.5. The van der Waals surface area contributed by atoms with Crippen molar-refractivity contribution in [3.63, 3.8) is 0 Å². The van der Waals surface area contributed by atoms with Crippen molar-refractivity contribution in [3.8, 4) is 5.75 Å². The second-order valence-electron chi connectivity index (χ2n) is 5.50. The van der Waals surface area contributed by atoms with Crippen molar-refractivity contribution in [2.75, 3.05) is 26.7 Å². The lowest BCUT2D eigenvalue weighted by molar-refractivity contribution is -0.120. The SMILES string of the molecule is COc1cccc(CCNC(=O)CNCCc2ccc(Cl)cc2)c1. The van der Waals surface area contributed by atoms with Crippen LogP contribution in [0.3, 0.4) is 0 Å². The Labute approximate surface area is 148 Å². The van der Waals surface area contributed by atoms with Gasteiger partial charge in [0.2, 0.25) is 5.91 Å². The Bertz CT molecular complexity index is 644. The highest BCUT2D eigenvalue weighted by Crippen LogP contribution is 2.12. The standard InChI is InChI=1S/C19H23ClN2O2/c1-24-18-4-2-3-16(13-18)10-12-22-19(23)14-21-11-9-15-5-7-17(20)8-6-15/h2-8,13,21H,9-12,14H2,1H3,(H,22,23). The van der Waals surface area contributed by atoms with Gasteiger partial charge in [-0.25, -0.2) is 0 Å². The van der Waals surface area contributed by atoms with Gasteiger partial charge in [-0.2, -0.15) is 0 Å². The van der Waals surface area contributed by atoms with E-state index in [2.05, 4.69) is 10.6 Å². The summed E-state index contributed by atoms with van der Waals surface area (Å²) in [4.78, 5) is 11.8. The number of methoxy groups -OCH3 is 1. The molecule has 0 atom stereocenters. The highest BCUT2D eigenvalue weighted by molar-refractivity contribution is 6.30. The van der Waals surface area contributed by atoms with Crippen LogP contribution in [0.1, 0.15) is 11.1 Å². The number of carbonyl (C=O) groups is 1. The number of benzene rings is 2. The van der Waals surface area contributed by atoms with Crippen molar-refractivity contribution < 1.29 is 9.53 Å². The average Bonchev–Trinajstić information content (AvgIpc) is 2.60. The molecule has 0 unspecified atom stereocenters. The summed E-state index contributed by atoms with van der Waals surface area (Å²) in [5.74, 6) is 0.844. The van der Waals surface area contributed by atoms with Gasteiger partial charge in [0.05, 0.1) is 13.7 Å². The van der Waals surface area contributed by atoms with Crippen molar-refractivity contribution >= 4 is 17.5 Å². The minimum atomic E-state index is 0.00834. The Morgan fingerprint density at radius 2 is 1.79 bits per heavy atom. The Morgan fingerprint density at radius 3 is 2.54 bits per heavy atom. The van der Waals surface area contributed by atoms with E-state index in [1.54, 1.807) is 7.11 Å². The number of ether oxygens (including phenoxy) is 1. The number of halogens is 1. The van der Waals surface area contributed by atoms with Crippen LogP contribution in [0.5, 0.6) is 5.75 Å². The Kier molecular flexibility index (Phi) is 7.59. The first-order chi connectivity index (χ1) is 11.7. The van der Waals surface area contributed by atoms with Crippen LogP contribution < -0.4 is 15.4 Å². The molecule has 5 heteroatoms. The van der Waals surface area contributed by atoms with Gasteiger partial charge < -0.3 is 15.4 Å². The van der Waals surface area contributed by atoms with Gasteiger partial charge >= 0.3 is 0 Å². The summed E-state index contributed by atoms with van der Waals surface area (Å²) >= 11 is 5.85. The van der Waals surface area contributed by atoms with E-state index in [0.29, 0.717) is 13.1 Å². The zero-order valence-corrected chi connectivity index (χ0v) is 14.6. The highest BCUT2D eigenvalue weighted by Gasteiger charge is 2.01. The van der Waals surface area contributed by atoms with Crippen LogP contribution in [0, 0.1) is 0 Å². The number of hydrogen-bond donors (Lipinski definition) is 2. The lowest BCUT2D eigenvalue weighted by Crippen LogP contribution is -2.35. The van der Waals surface area contributed by atoms with Gasteiger partial charge in [-0.3, -0.25) is 4.79 Å². The topological polar surface area (TPSA) is 50.4 Å². The fourth-order valence-corrected chi connectivity index (χ4v) is 2.45. The minimum Gasteiger partial charge on any atom is -0.497 e. The molecule has 0 bridgehead atoms. The smallest absolute Gasteiger partial charge is 0.233 e. The van der Waals surface area contributed by atoms with Crippen molar-refractivity contribution in [1.29, 1.82) is 0 Å². The van der Waals surface area contributed by atoms with Crippen LogP contribution >= 0.6 is 11.6 Å². The summed E-state index contributed by atoms with van der Waals surface area (Å²) in [6.45, 7) is 1.70. The quantitative estimate of drug-likeness (QED) is 0.686. The third-order valence-corrected chi connectivity index (χ3v) is 3.91. The summed E-state index contributed by atoms with van der Waals surface area (Å²) < 4.78 is 5.19. The molecule has 1 amide bonds. The molecule has 0 aromatic heterocycles. The second-order valence-corrected chi connectivity index (χ2v) is 5.94. The number of carbonyl (C=O) groups excluding carboxylic acids is 1. The van der Waals surface area contributed by atoms with E-state index < -0.39 is 0 Å². The third kappa shape index (κ3) is 6.60. The normalized spacial score (nSPS) is 10.4. The third-order valence-electron chi connectivity index (χ3n) is 3.66. The van der Waals surface area contributed by atoms with Gasteiger partial charge in [0, 0.05) is 11.6 Å². The predicted molar refractivity (Wildman–Crippen MR) is 97.7 cm³/mol. The van der Waals surface area contributed by atoms with Gasteiger partial charge in [-0.1, -0.05) is 35.9 Å².